The molecule has 1 unspecified atom stereocenters. The molecule has 1 fully saturated rings. The molecule has 1 aromatic heterocycles. The van der Waals surface area contributed by atoms with E-state index in [1.54, 1.807) is 6.07 Å². The minimum Gasteiger partial charge on any atom is -0.447 e. The second kappa shape index (κ2) is 6.44. The average Bonchev–Trinajstić information content (AvgIpc) is 3.11. The summed E-state index contributed by atoms with van der Waals surface area (Å²) in [5, 5.41) is 3.22. The molecule has 5 nitrogen and oxygen atoms in total. The molecule has 1 heterocycles. The van der Waals surface area contributed by atoms with Gasteiger partial charge in [0, 0.05) is 18.5 Å². The summed E-state index contributed by atoms with van der Waals surface area (Å²) in [6.45, 7) is 2.44. The Morgan fingerprint density at radius 3 is 2.85 bits per heavy atom. The Morgan fingerprint density at radius 1 is 1.50 bits per heavy atom. The van der Waals surface area contributed by atoms with Crippen molar-refractivity contribution in [3.8, 4) is 12.3 Å². The fourth-order valence-corrected chi connectivity index (χ4v) is 3.09. The molecular weight excluding hydrogens is 276 g/mol. The van der Waals surface area contributed by atoms with Gasteiger partial charge in [0.05, 0.1) is 6.54 Å². The van der Waals surface area contributed by atoms with E-state index in [1.807, 2.05) is 6.92 Å². The van der Waals surface area contributed by atoms with Crippen LogP contribution in [0.15, 0.2) is 21.6 Å². The van der Waals surface area contributed by atoms with Gasteiger partial charge >= 0.3 is 0 Å². The molecule has 1 aliphatic rings. The zero-order valence-electron chi connectivity index (χ0n) is 11.6. The third-order valence-electron chi connectivity index (χ3n) is 3.22. The Bertz CT molecular complexity index is 582. The van der Waals surface area contributed by atoms with Gasteiger partial charge in [-0.1, -0.05) is 6.92 Å². The van der Waals surface area contributed by atoms with Crippen LogP contribution in [-0.4, -0.2) is 20.5 Å². The van der Waals surface area contributed by atoms with Crippen molar-refractivity contribution in [1.29, 1.82) is 0 Å². The SMILES string of the molecule is C#CCC(CC)NS(=O)(=O)c1ccc(CNC2CC2)o1. The van der Waals surface area contributed by atoms with Gasteiger partial charge in [0.2, 0.25) is 5.09 Å². The minimum absolute atomic E-state index is 0.0550. The Labute approximate surface area is 120 Å². The predicted octanol–water partition coefficient (Wildman–Crippen LogP) is 1.61. The maximum atomic E-state index is 12.1. The first kappa shape index (κ1) is 15.1. The minimum atomic E-state index is -3.64. The van der Waals surface area contributed by atoms with Crippen molar-refractivity contribution in [3.63, 3.8) is 0 Å². The van der Waals surface area contributed by atoms with Crippen LogP contribution in [0.1, 0.15) is 38.4 Å². The van der Waals surface area contributed by atoms with E-state index in [1.165, 1.54) is 18.9 Å². The van der Waals surface area contributed by atoms with Crippen LogP contribution in [0.2, 0.25) is 0 Å². The van der Waals surface area contributed by atoms with Crippen molar-refractivity contribution in [2.45, 2.75) is 56.3 Å². The Morgan fingerprint density at radius 2 is 2.25 bits per heavy atom. The highest BCUT2D eigenvalue weighted by Gasteiger charge is 2.23. The quantitative estimate of drug-likeness (QED) is 0.715. The molecule has 2 rings (SSSR count). The van der Waals surface area contributed by atoms with Crippen LogP contribution >= 0.6 is 0 Å². The Kier molecular flexibility index (Phi) is 4.86. The standard InChI is InChI=1S/C14H20N2O3S/c1-3-5-11(4-2)16-20(17,18)14-9-8-13(19-14)10-15-12-6-7-12/h1,8-9,11-12,15-16H,4-7,10H2,2H3. The summed E-state index contributed by atoms with van der Waals surface area (Å²) >= 11 is 0. The van der Waals surface area contributed by atoms with Gasteiger partial charge in [-0.15, -0.1) is 12.3 Å². The normalized spacial score (nSPS) is 16.8. The molecule has 110 valence electrons. The van der Waals surface area contributed by atoms with Crippen LogP contribution in [0.5, 0.6) is 0 Å². The van der Waals surface area contributed by atoms with E-state index in [9.17, 15) is 8.42 Å². The zero-order valence-corrected chi connectivity index (χ0v) is 12.4. The maximum Gasteiger partial charge on any atom is 0.274 e. The number of hydrogen-bond donors (Lipinski definition) is 2. The van der Waals surface area contributed by atoms with Crippen LogP contribution in [0.25, 0.3) is 0 Å². The Hall–Kier alpha value is -1.29. The Balaban J connectivity index is 1.99. The molecule has 0 radical (unpaired) electrons. The predicted molar refractivity (Wildman–Crippen MR) is 76.4 cm³/mol. The first-order valence-electron chi connectivity index (χ1n) is 6.83. The summed E-state index contributed by atoms with van der Waals surface area (Å²) in [6.07, 6.45) is 8.59. The number of rotatable bonds is 8. The van der Waals surface area contributed by atoms with E-state index >= 15 is 0 Å². The molecular formula is C14H20N2O3S. The highest BCUT2D eigenvalue weighted by Crippen LogP contribution is 2.20. The third kappa shape index (κ3) is 4.10. The summed E-state index contributed by atoms with van der Waals surface area (Å²) in [5.74, 6) is 3.10. The van der Waals surface area contributed by atoms with Crippen molar-refractivity contribution in [2.24, 2.45) is 0 Å². The summed E-state index contributed by atoms with van der Waals surface area (Å²) in [6, 6.07) is 3.46. The van der Waals surface area contributed by atoms with Gasteiger partial charge in [-0.25, -0.2) is 13.1 Å². The number of furan rings is 1. The summed E-state index contributed by atoms with van der Waals surface area (Å²) in [4.78, 5) is 0. The molecule has 0 amide bonds. The van der Waals surface area contributed by atoms with Crippen LogP contribution in [-0.2, 0) is 16.6 Å². The molecule has 2 N–H and O–H groups in total. The van der Waals surface area contributed by atoms with Crippen molar-refractivity contribution >= 4 is 10.0 Å². The van der Waals surface area contributed by atoms with Crippen molar-refractivity contribution in [2.75, 3.05) is 0 Å². The van der Waals surface area contributed by atoms with Gasteiger partial charge in [-0.2, -0.15) is 0 Å². The number of nitrogens with one attached hydrogen (secondary N) is 2. The number of terminal acetylenes is 1. The molecule has 0 aromatic carbocycles. The fraction of sp³-hybridized carbons (Fsp3) is 0.571. The van der Waals surface area contributed by atoms with E-state index < -0.39 is 10.0 Å². The molecule has 20 heavy (non-hydrogen) atoms. The molecule has 0 saturated heterocycles. The van der Waals surface area contributed by atoms with Crippen LogP contribution in [0, 0.1) is 12.3 Å². The van der Waals surface area contributed by atoms with Crippen molar-refractivity contribution in [1.82, 2.24) is 10.0 Å². The van der Waals surface area contributed by atoms with Gasteiger partial charge < -0.3 is 9.73 Å². The molecule has 1 saturated carbocycles. The number of hydrogen-bond acceptors (Lipinski definition) is 4. The van der Waals surface area contributed by atoms with E-state index in [0.29, 0.717) is 31.2 Å². The molecule has 0 bridgehead atoms. The first-order valence-corrected chi connectivity index (χ1v) is 8.31. The maximum absolute atomic E-state index is 12.1. The lowest BCUT2D eigenvalue weighted by Gasteiger charge is -2.12. The van der Waals surface area contributed by atoms with Gasteiger partial charge in [-0.05, 0) is 31.4 Å². The summed E-state index contributed by atoms with van der Waals surface area (Å²) in [5.41, 5.74) is 0. The molecule has 1 aliphatic carbocycles. The zero-order chi connectivity index (χ0) is 14.6. The monoisotopic (exact) mass is 296 g/mol. The molecule has 1 atom stereocenters. The first-order chi connectivity index (χ1) is 9.55. The van der Waals surface area contributed by atoms with Crippen molar-refractivity contribution < 1.29 is 12.8 Å². The molecule has 0 spiro atoms. The number of sulfonamides is 1. The largest absolute Gasteiger partial charge is 0.447 e. The van der Waals surface area contributed by atoms with Gasteiger partial charge in [0.1, 0.15) is 5.76 Å². The van der Waals surface area contributed by atoms with E-state index in [2.05, 4.69) is 16.0 Å². The summed E-state index contributed by atoms with van der Waals surface area (Å²) in [7, 11) is -3.64. The van der Waals surface area contributed by atoms with Gasteiger partial charge in [-0.3, -0.25) is 0 Å². The van der Waals surface area contributed by atoms with E-state index in [4.69, 9.17) is 10.8 Å². The lowest BCUT2D eigenvalue weighted by atomic mass is 10.2. The lowest BCUT2D eigenvalue weighted by molar-refractivity contribution is 0.396. The van der Waals surface area contributed by atoms with Gasteiger partial charge in [0.25, 0.3) is 10.0 Å². The molecule has 6 heteroatoms. The smallest absolute Gasteiger partial charge is 0.274 e. The van der Waals surface area contributed by atoms with Crippen molar-refractivity contribution in [3.05, 3.63) is 17.9 Å². The van der Waals surface area contributed by atoms with Crippen LogP contribution < -0.4 is 10.0 Å². The van der Waals surface area contributed by atoms with Gasteiger partial charge in [0.15, 0.2) is 0 Å². The van der Waals surface area contributed by atoms with E-state index in [0.717, 1.165) is 0 Å². The highest BCUT2D eigenvalue weighted by molar-refractivity contribution is 7.89. The van der Waals surface area contributed by atoms with Crippen LogP contribution in [0.3, 0.4) is 0 Å². The fourth-order valence-electron chi connectivity index (χ4n) is 1.82. The topological polar surface area (TPSA) is 71.3 Å². The summed E-state index contributed by atoms with van der Waals surface area (Å²) < 4.78 is 32.2. The molecule has 1 aromatic rings. The highest BCUT2D eigenvalue weighted by atomic mass is 32.2. The lowest BCUT2D eigenvalue weighted by Crippen LogP contribution is -2.33. The second-order valence-electron chi connectivity index (χ2n) is 5.01. The molecule has 0 aliphatic heterocycles. The van der Waals surface area contributed by atoms with E-state index in [-0.39, 0.29) is 11.1 Å². The average molecular weight is 296 g/mol. The second-order valence-corrected chi connectivity index (χ2v) is 6.66. The van der Waals surface area contributed by atoms with Crippen LogP contribution in [0.4, 0.5) is 0 Å². The third-order valence-corrected chi connectivity index (χ3v) is 4.62.